The molecule has 2 unspecified atom stereocenters. The summed E-state index contributed by atoms with van der Waals surface area (Å²) in [5.74, 6) is 0.652. The van der Waals surface area contributed by atoms with E-state index in [0.717, 1.165) is 32.2 Å². The van der Waals surface area contributed by atoms with Crippen LogP contribution >= 0.6 is 0 Å². The van der Waals surface area contributed by atoms with Gasteiger partial charge in [0.25, 0.3) is 0 Å². The zero-order valence-corrected chi connectivity index (χ0v) is 12.9. The first-order valence-electron chi connectivity index (χ1n) is 7.96. The van der Waals surface area contributed by atoms with Gasteiger partial charge in [-0.3, -0.25) is 0 Å². The molecule has 3 rings (SSSR count). The molecule has 1 aliphatic carbocycles. The fraction of sp³-hybridized carbons (Fsp3) is 1.00. The average molecular weight is 302 g/mol. The quantitative estimate of drug-likeness (QED) is 0.794. The van der Waals surface area contributed by atoms with Crippen LogP contribution in [0.25, 0.3) is 0 Å². The molecule has 1 N–H and O–H groups in total. The first-order valence-corrected chi connectivity index (χ1v) is 9.57. The van der Waals surface area contributed by atoms with E-state index in [9.17, 15) is 8.42 Å². The molecule has 0 amide bonds. The minimum atomic E-state index is -3.14. The van der Waals surface area contributed by atoms with Gasteiger partial charge in [-0.05, 0) is 51.0 Å². The van der Waals surface area contributed by atoms with Gasteiger partial charge in [0.1, 0.15) is 0 Å². The van der Waals surface area contributed by atoms with Crippen LogP contribution < -0.4 is 5.32 Å². The Balaban J connectivity index is 1.51. The summed E-state index contributed by atoms with van der Waals surface area (Å²) in [7, 11) is -3.14. The molecule has 3 aliphatic rings. The van der Waals surface area contributed by atoms with E-state index < -0.39 is 10.0 Å². The van der Waals surface area contributed by atoms with Gasteiger partial charge in [0.15, 0.2) is 0 Å². The number of rotatable bonds is 6. The Kier molecular flexibility index (Phi) is 4.65. The van der Waals surface area contributed by atoms with Gasteiger partial charge >= 0.3 is 0 Å². The molecule has 5 nitrogen and oxygen atoms in total. The Labute approximate surface area is 122 Å². The number of hydrogen-bond acceptors (Lipinski definition) is 4. The Morgan fingerprint density at radius 3 is 2.70 bits per heavy atom. The minimum Gasteiger partial charge on any atom is -0.377 e. The first-order chi connectivity index (χ1) is 9.63. The van der Waals surface area contributed by atoms with Gasteiger partial charge in [0.05, 0.1) is 11.9 Å². The van der Waals surface area contributed by atoms with Crippen molar-refractivity contribution >= 4 is 10.0 Å². The maximum Gasteiger partial charge on any atom is 0.216 e. The van der Waals surface area contributed by atoms with Gasteiger partial charge in [-0.15, -0.1) is 0 Å². The second-order valence-corrected chi connectivity index (χ2v) is 8.48. The SMILES string of the molecule is O=S(=O)(CC1CCCO1)N1CCCC(CNC2CC2)C1. The Morgan fingerprint density at radius 2 is 2.00 bits per heavy atom. The van der Waals surface area contributed by atoms with Crippen molar-refractivity contribution in [1.82, 2.24) is 9.62 Å². The van der Waals surface area contributed by atoms with Crippen LogP contribution in [-0.4, -0.2) is 56.9 Å². The van der Waals surface area contributed by atoms with Gasteiger partial charge in [0, 0.05) is 25.7 Å². The summed E-state index contributed by atoms with van der Waals surface area (Å²) in [5.41, 5.74) is 0. The van der Waals surface area contributed by atoms with E-state index in [-0.39, 0.29) is 11.9 Å². The highest BCUT2D eigenvalue weighted by atomic mass is 32.2. The number of piperidine rings is 1. The highest BCUT2D eigenvalue weighted by molar-refractivity contribution is 7.89. The van der Waals surface area contributed by atoms with Crippen LogP contribution in [0, 0.1) is 5.92 Å². The standard InChI is InChI=1S/C14H26N2O3S/c17-20(18,11-14-4-2-8-19-14)16-7-1-3-12(10-16)9-15-13-5-6-13/h12-15H,1-11H2. The number of ether oxygens (including phenoxy) is 1. The summed E-state index contributed by atoms with van der Waals surface area (Å²) in [6.07, 6.45) is 6.51. The lowest BCUT2D eigenvalue weighted by Crippen LogP contribution is -2.45. The van der Waals surface area contributed by atoms with E-state index in [4.69, 9.17) is 4.74 Å². The normalized spacial score (nSPS) is 32.6. The predicted octanol–water partition coefficient (Wildman–Crippen LogP) is 0.959. The van der Waals surface area contributed by atoms with Gasteiger partial charge in [-0.1, -0.05) is 0 Å². The van der Waals surface area contributed by atoms with Crippen LogP contribution in [0.5, 0.6) is 0 Å². The van der Waals surface area contributed by atoms with Gasteiger partial charge < -0.3 is 10.1 Å². The van der Waals surface area contributed by atoms with Crippen LogP contribution in [0.2, 0.25) is 0 Å². The van der Waals surface area contributed by atoms with Crippen molar-refractivity contribution in [3.8, 4) is 0 Å². The fourth-order valence-electron chi connectivity index (χ4n) is 3.18. The molecule has 3 fully saturated rings. The van der Waals surface area contributed by atoms with E-state index in [1.165, 1.54) is 12.8 Å². The number of nitrogens with zero attached hydrogens (tertiary/aromatic N) is 1. The number of nitrogens with one attached hydrogen (secondary N) is 1. The molecule has 2 aliphatic heterocycles. The van der Waals surface area contributed by atoms with Crippen LogP contribution in [-0.2, 0) is 14.8 Å². The van der Waals surface area contributed by atoms with E-state index in [0.29, 0.717) is 31.7 Å². The molecule has 1 saturated carbocycles. The van der Waals surface area contributed by atoms with E-state index in [2.05, 4.69) is 5.32 Å². The molecule has 20 heavy (non-hydrogen) atoms. The second-order valence-electron chi connectivity index (χ2n) is 6.46. The smallest absolute Gasteiger partial charge is 0.216 e. The maximum atomic E-state index is 12.5. The summed E-state index contributed by atoms with van der Waals surface area (Å²) < 4.78 is 32.1. The number of sulfonamides is 1. The molecular formula is C14H26N2O3S. The lowest BCUT2D eigenvalue weighted by Gasteiger charge is -2.32. The molecule has 2 saturated heterocycles. The molecule has 0 spiro atoms. The number of hydrogen-bond donors (Lipinski definition) is 1. The van der Waals surface area contributed by atoms with Crippen LogP contribution in [0.3, 0.4) is 0 Å². The lowest BCUT2D eigenvalue weighted by molar-refractivity contribution is 0.125. The largest absolute Gasteiger partial charge is 0.377 e. The van der Waals surface area contributed by atoms with Crippen molar-refractivity contribution in [2.75, 3.05) is 32.0 Å². The van der Waals surface area contributed by atoms with E-state index in [1.54, 1.807) is 4.31 Å². The fourth-order valence-corrected chi connectivity index (χ4v) is 4.97. The molecule has 2 atom stereocenters. The predicted molar refractivity (Wildman–Crippen MR) is 78.1 cm³/mol. The highest BCUT2D eigenvalue weighted by Crippen LogP contribution is 2.24. The molecule has 2 heterocycles. The van der Waals surface area contributed by atoms with Crippen LogP contribution in [0.4, 0.5) is 0 Å². The van der Waals surface area contributed by atoms with E-state index >= 15 is 0 Å². The molecule has 0 radical (unpaired) electrons. The van der Waals surface area contributed by atoms with Crippen molar-refractivity contribution in [2.24, 2.45) is 5.92 Å². The van der Waals surface area contributed by atoms with Gasteiger partial charge in [0.2, 0.25) is 10.0 Å². The molecule has 0 aromatic carbocycles. The molecule has 0 bridgehead atoms. The zero-order valence-electron chi connectivity index (χ0n) is 12.1. The molecule has 116 valence electrons. The van der Waals surface area contributed by atoms with Crippen molar-refractivity contribution in [3.63, 3.8) is 0 Å². The van der Waals surface area contributed by atoms with Crippen molar-refractivity contribution in [2.45, 2.75) is 50.7 Å². The average Bonchev–Trinajstić information content (AvgIpc) is 3.14. The minimum absolute atomic E-state index is 0.0787. The monoisotopic (exact) mass is 302 g/mol. The summed E-state index contributed by atoms with van der Waals surface area (Å²) in [6.45, 7) is 3.06. The Bertz CT molecular complexity index is 416. The van der Waals surface area contributed by atoms with Crippen LogP contribution in [0.15, 0.2) is 0 Å². The van der Waals surface area contributed by atoms with Gasteiger partial charge in [-0.25, -0.2) is 12.7 Å². The molecule has 0 aromatic heterocycles. The summed E-state index contributed by atoms with van der Waals surface area (Å²) in [6, 6.07) is 0.703. The molecular weight excluding hydrogens is 276 g/mol. The maximum absolute atomic E-state index is 12.5. The van der Waals surface area contributed by atoms with Crippen molar-refractivity contribution in [3.05, 3.63) is 0 Å². The topological polar surface area (TPSA) is 58.6 Å². The third kappa shape index (κ3) is 3.93. The second kappa shape index (κ2) is 6.30. The Hall–Kier alpha value is -0.170. The summed E-state index contributed by atoms with van der Waals surface area (Å²) in [4.78, 5) is 0. The van der Waals surface area contributed by atoms with Crippen molar-refractivity contribution < 1.29 is 13.2 Å². The summed E-state index contributed by atoms with van der Waals surface area (Å²) >= 11 is 0. The van der Waals surface area contributed by atoms with Crippen molar-refractivity contribution in [1.29, 1.82) is 0 Å². The molecule has 0 aromatic rings. The zero-order chi connectivity index (χ0) is 14.0. The Morgan fingerprint density at radius 1 is 1.15 bits per heavy atom. The highest BCUT2D eigenvalue weighted by Gasteiger charge is 2.32. The first kappa shape index (κ1) is 14.8. The lowest BCUT2D eigenvalue weighted by atomic mass is 10.00. The van der Waals surface area contributed by atoms with Crippen LogP contribution in [0.1, 0.15) is 38.5 Å². The summed E-state index contributed by atoms with van der Waals surface area (Å²) in [5, 5.41) is 3.53. The third-order valence-electron chi connectivity index (χ3n) is 4.57. The van der Waals surface area contributed by atoms with Gasteiger partial charge in [-0.2, -0.15) is 0 Å². The third-order valence-corrected chi connectivity index (χ3v) is 6.48. The molecule has 6 heteroatoms. The van der Waals surface area contributed by atoms with E-state index in [1.807, 2.05) is 0 Å².